The van der Waals surface area contributed by atoms with Crippen molar-refractivity contribution in [1.29, 1.82) is 0 Å². The largest absolute Gasteiger partial charge is 0.494 e. The maximum absolute atomic E-state index is 13.7. The van der Waals surface area contributed by atoms with E-state index in [1.54, 1.807) is 50.8 Å². The van der Waals surface area contributed by atoms with E-state index in [4.69, 9.17) is 21.1 Å². The zero-order valence-corrected chi connectivity index (χ0v) is 23.8. The van der Waals surface area contributed by atoms with Gasteiger partial charge in [0.1, 0.15) is 23.0 Å². The van der Waals surface area contributed by atoms with Gasteiger partial charge in [0.05, 0.1) is 30.5 Å². The molecular formula is C25H33ClN8O4S. The Hall–Kier alpha value is -3.00. The first-order valence-electron chi connectivity index (χ1n) is 12.9. The second-order valence-electron chi connectivity index (χ2n) is 9.95. The zero-order chi connectivity index (χ0) is 27.7. The second-order valence-corrected chi connectivity index (χ2v) is 12.4. The molecule has 2 aromatic heterocycles. The SMILES string of the molecule is COc1cccc(OC)c1-n1c(NS(=O)(=O)[C@@H](C)[C@H](C)c2ncc(Cl)cn2)nnc1C1NNC2CCCCC21. The van der Waals surface area contributed by atoms with Crippen LogP contribution in [0.2, 0.25) is 5.02 Å². The number of para-hydroxylation sites is 1. The van der Waals surface area contributed by atoms with Crippen LogP contribution < -0.4 is 25.0 Å². The molecule has 1 aliphatic carbocycles. The minimum absolute atomic E-state index is 0.0323. The number of rotatable bonds is 9. The molecule has 5 atom stereocenters. The molecule has 1 aliphatic heterocycles. The highest BCUT2D eigenvalue weighted by atomic mass is 35.5. The van der Waals surface area contributed by atoms with Crippen LogP contribution in [0.15, 0.2) is 30.6 Å². The van der Waals surface area contributed by atoms with E-state index in [-0.39, 0.29) is 17.9 Å². The number of benzene rings is 1. The standard InChI is InChI=1S/C25H33ClN8O4S/c1-14(23-27-12-16(26)13-28-23)15(2)39(35,36)33-25-32-31-24(21-17-8-5-6-9-18(17)29-30-21)34(25)22-19(37-3)10-7-11-20(22)38-4/h7,10-15,17-18,21,29-30H,5-6,8-9H2,1-4H3,(H,32,33)/t14-,15-,17?,18?,21?/m0/s1. The Bertz CT molecular complexity index is 1400. The summed E-state index contributed by atoms with van der Waals surface area (Å²) in [6.07, 6.45) is 7.25. The summed E-state index contributed by atoms with van der Waals surface area (Å²) in [6.45, 7) is 3.36. The van der Waals surface area contributed by atoms with Gasteiger partial charge < -0.3 is 9.47 Å². The average molecular weight is 577 g/mol. The lowest BCUT2D eigenvalue weighted by Gasteiger charge is -2.27. The van der Waals surface area contributed by atoms with Crippen molar-refractivity contribution in [3.63, 3.8) is 0 Å². The molecule has 0 amide bonds. The van der Waals surface area contributed by atoms with Crippen molar-refractivity contribution in [2.45, 2.75) is 62.8 Å². The number of fused-ring (bicyclic) bond motifs is 1. The molecule has 1 aromatic carbocycles. The van der Waals surface area contributed by atoms with E-state index in [9.17, 15) is 8.42 Å². The van der Waals surface area contributed by atoms with Crippen molar-refractivity contribution in [2.24, 2.45) is 5.92 Å². The fraction of sp³-hybridized carbons (Fsp3) is 0.520. The number of sulfonamides is 1. The maximum atomic E-state index is 13.7. The summed E-state index contributed by atoms with van der Waals surface area (Å²) in [6, 6.07) is 5.47. The monoisotopic (exact) mass is 576 g/mol. The van der Waals surface area contributed by atoms with Crippen LogP contribution in [0.4, 0.5) is 5.95 Å². The molecule has 3 heterocycles. The van der Waals surface area contributed by atoms with E-state index >= 15 is 0 Å². The van der Waals surface area contributed by atoms with Crippen molar-refractivity contribution in [1.82, 2.24) is 35.6 Å². The summed E-state index contributed by atoms with van der Waals surface area (Å²) in [4.78, 5) is 8.42. The number of nitrogens with zero attached hydrogens (tertiary/aromatic N) is 5. The first-order valence-corrected chi connectivity index (χ1v) is 14.8. The molecule has 210 valence electrons. The lowest BCUT2D eigenvalue weighted by molar-refractivity contribution is 0.301. The number of ether oxygens (including phenoxy) is 2. The molecule has 14 heteroatoms. The van der Waals surface area contributed by atoms with Crippen LogP contribution in [0.3, 0.4) is 0 Å². The average Bonchev–Trinajstić information content (AvgIpc) is 3.55. The van der Waals surface area contributed by atoms with Gasteiger partial charge in [-0.3, -0.25) is 14.7 Å². The number of anilines is 1. The minimum Gasteiger partial charge on any atom is -0.494 e. The first kappa shape index (κ1) is 27.6. The predicted octanol–water partition coefficient (Wildman–Crippen LogP) is 3.37. The van der Waals surface area contributed by atoms with Crippen LogP contribution in [0, 0.1) is 5.92 Å². The third-order valence-electron chi connectivity index (χ3n) is 7.74. The van der Waals surface area contributed by atoms with Gasteiger partial charge in [-0.25, -0.2) is 23.8 Å². The van der Waals surface area contributed by atoms with Crippen LogP contribution in [0.25, 0.3) is 5.69 Å². The Morgan fingerprint density at radius 1 is 1.05 bits per heavy atom. The molecule has 0 bridgehead atoms. The van der Waals surface area contributed by atoms with Gasteiger partial charge in [0.15, 0.2) is 5.82 Å². The third-order valence-corrected chi connectivity index (χ3v) is 9.79. The van der Waals surface area contributed by atoms with Crippen molar-refractivity contribution in [2.75, 3.05) is 18.9 Å². The van der Waals surface area contributed by atoms with Gasteiger partial charge in [0, 0.05) is 24.4 Å². The fourth-order valence-corrected chi connectivity index (χ4v) is 6.72. The van der Waals surface area contributed by atoms with E-state index in [0.29, 0.717) is 39.9 Å². The Morgan fingerprint density at radius 3 is 2.38 bits per heavy atom. The van der Waals surface area contributed by atoms with Crippen molar-refractivity contribution in [3.05, 3.63) is 47.3 Å². The molecule has 1 saturated carbocycles. The highest BCUT2D eigenvalue weighted by Gasteiger charge is 2.42. The normalized spacial score (nSPS) is 22.6. The smallest absolute Gasteiger partial charge is 0.243 e. The fourth-order valence-electron chi connectivity index (χ4n) is 5.39. The molecule has 2 aliphatic rings. The molecule has 2 fully saturated rings. The number of halogens is 1. The molecule has 0 radical (unpaired) electrons. The number of hydrogen-bond donors (Lipinski definition) is 3. The van der Waals surface area contributed by atoms with E-state index in [2.05, 4.69) is 35.7 Å². The predicted molar refractivity (Wildman–Crippen MR) is 147 cm³/mol. The molecular weight excluding hydrogens is 544 g/mol. The van der Waals surface area contributed by atoms with Gasteiger partial charge in [0.25, 0.3) is 0 Å². The Balaban J connectivity index is 1.57. The van der Waals surface area contributed by atoms with E-state index in [1.807, 2.05) is 0 Å². The molecule has 0 spiro atoms. The summed E-state index contributed by atoms with van der Waals surface area (Å²) in [5.74, 6) is 1.67. The van der Waals surface area contributed by atoms with Crippen LogP contribution in [0.5, 0.6) is 11.5 Å². The Morgan fingerprint density at radius 2 is 1.72 bits per heavy atom. The molecule has 39 heavy (non-hydrogen) atoms. The lowest BCUT2D eigenvalue weighted by atomic mass is 9.81. The molecule has 5 rings (SSSR count). The summed E-state index contributed by atoms with van der Waals surface area (Å²) in [7, 11) is -0.878. The van der Waals surface area contributed by atoms with Gasteiger partial charge in [-0.1, -0.05) is 37.4 Å². The van der Waals surface area contributed by atoms with Gasteiger partial charge in [-0.15, -0.1) is 10.2 Å². The van der Waals surface area contributed by atoms with E-state index in [1.165, 1.54) is 12.4 Å². The van der Waals surface area contributed by atoms with Gasteiger partial charge in [-0.2, -0.15) is 0 Å². The highest BCUT2D eigenvalue weighted by molar-refractivity contribution is 7.93. The first-order chi connectivity index (χ1) is 18.7. The molecule has 12 nitrogen and oxygen atoms in total. The number of nitrogens with one attached hydrogen (secondary N) is 3. The minimum atomic E-state index is -3.98. The Labute approximate surface area is 232 Å². The molecule has 3 aromatic rings. The van der Waals surface area contributed by atoms with Crippen molar-refractivity contribution >= 4 is 27.6 Å². The Kier molecular flexibility index (Phi) is 7.94. The van der Waals surface area contributed by atoms with Crippen molar-refractivity contribution in [3.8, 4) is 17.2 Å². The van der Waals surface area contributed by atoms with Crippen LogP contribution >= 0.6 is 11.6 Å². The summed E-state index contributed by atoms with van der Waals surface area (Å²) in [5.41, 5.74) is 7.29. The summed E-state index contributed by atoms with van der Waals surface area (Å²) >= 11 is 5.91. The zero-order valence-electron chi connectivity index (χ0n) is 22.3. The van der Waals surface area contributed by atoms with Gasteiger partial charge >= 0.3 is 0 Å². The topological polar surface area (TPSA) is 145 Å². The molecule has 3 N–H and O–H groups in total. The molecule has 3 unspecified atom stereocenters. The number of hydrazine groups is 1. The third kappa shape index (κ3) is 5.28. The molecule has 1 saturated heterocycles. The van der Waals surface area contributed by atoms with Gasteiger partial charge in [0.2, 0.25) is 16.0 Å². The number of hydrogen-bond acceptors (Lipinski definition) is 10. The van der Waals surface area contributed by atoms with E-state index in [0.717, 1.165) is 25.7 Å². The highest BCUT2D eigenvalue weighted by Crippen LogP contribution is 2.42. The van der Waals surface area contributed by atoms with Gasteiger partial charge in [-0.05, 0) is 37.8 Å². The second kappa shape index (κ2) is 11.2. The van der Waals surface area contributed by atoms with Crippen LogP contribution in [-0.4, -0.2) is 58.7 Å². The number of methoxy groups -OCH3 is 2. The van der Waals surface area contributed by atoms with Crippen LogP contribution in [-0.2, 0) is 10.0 Å². The van der Waals surface area contributed by atoms with Crippen LogP contribution in [0.1, 0.15) is 63.1 Å². The number of aromatic nitrogens is 5. The lowest BCUT2D eigenvalue weighted by Crippen LogP contribution is -2.33. The maximum Gasteiger partial charge on any atom is 0.243 e. The summed E-state index contributed by atoms with van der Waals surface area (Å²) in [5, 5.41) is 8.31. The summed E-state index contributed by atoms with van der Waals surface area (Å²) < 4.78 is 43.1. The quantitative estimate of drug-likeness (QED) is 0.346. The van der Waals surface area contributed by atoms with Crippen molar-refractivity contribution < 1.29 is 17.9 Å². The van der Waals surface area contributed by atoms with E-state index < -0.39 is 21.2 Å².